The SMILES string of the molecule is CC(=O)c1sc(N=Nc2cc(C)ccc2N)nc1C. The Hall–Kier alpha value is -2.08. The van der Waals surface area contributed by atoms with Crippen molar-refractivity contribution in [3.63, 3.8) is 0 Å². The molecule has 0 amide bonds. The van der Waals surface area contributed by atoms with Crippen LogP contribution in [0.4, 0.5) is 16.5 Å². The normalized spacial score (nSPS) is 11.1. The van der Waals surface area contributed by atoms with Crippen LogP contribution in [0.3, 0.4) is 0 Å². The van der Waals surface area contributed by atoms with E-state index >= 15 is 0 Å². The number of anilines is 1. The van der Waals surface area contributed by atoms with Crippen molar-refractivity contribution in [2.24, 2.45) is 10.2 Å². The molecule has 2 N–H and O–H groups in total. The molecule has 6 heteroatoms. The van der Waals surface area contributed by atoms with Gasteiger partial charge < -0.3 is 5.73 Å². The van der Waals surface area contributed by atoms with Crippen LogP contribution in [0.1, 0.15) is 27.9 Å². The topological polar surface area (TPSA) is 80.7 Å². The minimum absolute atomic E-state index is 0.00785. The van der Waals surface area contributed by atoms with E-state index in [1.807, 2.05) is 19.1 Å². The first-order valence-electron chi connectivity index (χ1n) is 5.73. The summed E-state index contributed by atoms with van der Waals surface area (Å²) in [6, 6.07) is 5.55. The first-order chi connectivity index (χ1) is 8.97. The van der Waals surface area contributed by atoms with E-state index in [2.05, 4.69) is 15.2 Å². The maximum absolute atomic E-state index is 11.3. The number of hydrogen-bond acceptors (Lipinski definition) is 6. The molecule has 98 valence electrons. The Morgan fingerprint density at radius 3 is 2.68 bits per heavy atom. The highest BCUT2D eigenvalue weighted by Crippen LogP contribution is 2.29. The predicted octanol–water partition coefficient (Wildman–Crippen LogP) is 3.96. The van der Waals surface area contributed by atoms with Gasteiger partial charge in [0.05, 0.1) is 16.3 Å². The van der Waals surface area contributed by atoms with Crippen molar-refractivity contribution < 1.29 is 4.79 Å². The lowest BCUT2D eigenvalue weighted by atomic mass is 10.2. The Morgan fingerprint density at radius 1 is 1.32 bits per heavy atom. The van der Waals surface area contributed by atoms with Crippen molar-refractivity contribution in [3.8, 4) is 0 Å². The van der Waals surface area contributed by atoms with E-state index in [0.29, 0.717) is 27.1 Å². The minimum Gasteiger partial charge on any atom is -0.397 e. The molecule has 2 aromatic rings. The van der Waals surface area contributed by atoms with Crippen LogP contribution in [0, 0.1) is 13.8 Å². The zero-order chi connectivity index (χ0) is 14.0. The van der Waals surface area contributed by atoms with Crippen LogP contribution in [-0.4, -0.2) is 10.8 Å². The summed E-state index contributed by atoms with van der Waals surface area (Å²) in [5, 5.41) is 8.59. The van der Waals surface area contributed by atoms with E-state index < -0.39 is 0 Å². The number of carbonyl (C=O) groups is 1. The molecular formula is C13H14N4OS. The third kappa shape index (κ3) is 3.03. The van der Waals surface area contributed by atoms with Gasteiger partial charge in [0.2, 0.25) is 5.13 Å². The molecule has 0 saturated heterocycles. The molecule has 19 heavy (non-hydrogen) atoms. The van der Waals surface area contributed by atoms with Crippen LogP contribution in [0.2, 0.25) is 0 Å². The Labute approximate surface area is 115 Å². The lowest BCUT2D eigenvalue weighted by Gasteiger charge is -1.98. The molecule has 5 nitrogen and oxygen atoms in total. The molecule has 0 bridgehead atoms. The van der Waals surface area contributed by atoms with E-state index in [-0.39, 0.29) is 5.78 Å². The summed E-state index contributed by atoms with van der Waals surface area (Å²) in [6.07, 6.45) is 0. The van der Waals surface area contributed by atoms with Gasteiger partial charge in [-0.3, -0.25) is 4.79 Å². The van der Waals surface area contributed by atoms with Gasteiger partial charge in [0.15, 0.2) is 5.78 Å². The minimum atomic E-state index is -0.00785. The summed E-state index contributed by atoms with van der Waals surface area (Å²) in [7, 11) is 0. The maximum atomic E-state index is 11.3. The van der Waals surface area contributed by atoms with Gasteiger partial charge in [0, 0.05) is 6.92 Å². The molecule has 0 saturated carbocycles. The van der Waals surface area contributed by atoms with Crippen LogP contribution < -0.4 is 5.73 Å². The Balaban J connectivity index is 2.30. The molecule has 0 atom stereocenters. The summed E-state index contributed by atoms with van der Waals surface area (Å²) in [5.41, 5.74) is 8.73. The number of nitrogens with zero attached hydrogens (tertiary/aromatic N) is 3. The third-order valence-corrected chi connectivity index (χ3v) is 3.68. The van der Waals surface area contributed by atoms with E-state index in [1.165, 1.54) is 18.3 Å². The second kappa shape index (κ2) is 5.27. The van der Waals surface area contributed by atoms with Crippen LogP contribution in [0.25, 0.3) is 0 Å². The fourth-order valence-electron chi connectivity index (χ4n) is 1.59. The Kier molecular flexibility index (Phi) is 3.71. The second-order valence-corrected chi connectivity index (χ2v) is 5.21. The highest BCUT2D eigenvalue weighted by Gasteiger charge is 2.10. The van der Waals surface area contributed by atoms with Crippen molar-refractivity contribution >= 4 is 33.6 Å². The molecule has 0 unspecified atom stereocenters. The van der Waals surface area contributed by atoms with Crippen molar-refractivity contribution in [2.75, 3.05) is 5.73 Å². The maximum Gasteiger partial charge on any atom is 0.230 e. The highest BCUT2D eigenvalue weighted by molar-refractivity contribution is 7.17. The summed E-state index contributed by atoms with van der Waals surface area (Å²) in [5.74, 6) is -0.00785. The number of rotatable bonds is 3. The summed E-state index contributed by atoms with van der Waals surface area (Å²) in [4.78, 5) is 16.1. The number of aryl methyl sites for hydroxylation is 2. The van der Waals surface area contributed by atoms with E-state index in [9.17, 15) is 4.79 Å². The van der Waals surface area contributed by atoms with Gasteiger partial charge in [-0.15, -0.1) is 10.2 Å². The van der Waals surface area contributed by atoms with E-state index in [4.69, 9.17) is 5.73 Å². The lowest BCUT2D eigenvalue weighted by Crippen LogP contribution is -1.89. The summed E-state index contributed by atoms with van der Waals surface area (Å²) < 4.78 is 0. The third-order valence-electron chi connectivity index (χ3n) is 2.53. The fourth-order valence-corrected chi connectivity index (χ4v) is 2.37. The molecule has 0 radical (unpaired) electrons. The number of Topliss-reactive ketones (excluding diaryl/α,β-unsaturated/α-hetero) is 1. The predicted molar refractivity (Wildman–Crippen MR) is 76.6 cm³/mol. The van der Waals surface area contributed by atoms with Crippen LogP contribution in [0.15, 0.2) is 28.4 Å². The van der Waals surface area contributed by atoms with Crippen molar-refractivity contribution in [3.05, 3.63) is 34.3 Å². The van der Waals surface area contributed by atoms with Crippen LogP contribution >= 0.6 is 11.3 Å². The van der Waals surface area contributed by atoms with Crippen molar-refractivity contribution in [1.29, 1.82) is 0 Å². The molecular weight excluding hydrogens is 260 g/mol. The molecule has 0 spiro atoms. The zero-order valence-corrected chi connectivity index (χ0v) is 11.8. The molecule has 0 aliphatic heterocycles. The zero-order valence-electron chi connectivity index (χ0n) is 11.0. The Bertz CT molecular complexity index is 661. The summed E-state index contributed by atoms with van der Waals surface area (Å²) >= 11 is 1.24. The van der Waals surface area contributed by atoms with Crippen molar-refractivity contribution in [2.45, 2.75) is 20.8 Å². The quantitative estimate of drug-likeness (QED) is 0.522. The first-order valence-corrected chi connectivity index (χ1v) is 6.55. The number of aromatic nitrogens is 1. The standard InChI is InChI=1S/C13H14N4OS/c1-7-4-5-10(14)11(6-7)16-17-13-15-8(2)12(19-13)9(3)18/h4-6H,14H2,1-3H3. The molecule has 2 rings (SSSR count). The number of benzene rings is 1. The molecule has 0 fully saturated rings. The first kappa shape index (κ1) is 13.4. The van der Waals surface area contributed by atoms with Gasteiger partial charge in [-0.1, -0.05) is 17.4 Å². The molecule has 1 aromatic heterocycles. The fraction of sp³-hybridized carbons (Fsp3) is 0.231. The number of thiazole rings is 1. The van der Waals surface area contributed by atoms with Gasteiger partial charge in [0.1, 0.15) is 5.69 Å². The number of nitrogens with two attached hydrogens (primary N) is 1. The van der Waals surface area contributed by atoms with Crippen molar-refractivity contribution in [1.82, 2.24) is 4.98 Å². The molecule has 1 aromatic carbocycles. The van der Waals surface area contributed by atoms with Gasteiger partial charge in [-0.05, 0) is 31.5 Å². The van der Waals surface area contributed by atoms with Gasteiger partial charge in [0.25, 0.3) is 0 Å². The molecule has 0 aliphatic carbocycles. The number of carbonyl (C=O) groups excluding carboxylic acids is 1. The highest BCUT2D eigenvalue weighted by atomic mass is 32.1. The lowest BCUT2D eigenvalue weighted by molar-refractivity contribution is 0.102. The largest absolute Gasteiger partial charge is 0.397 e. The number of nitrogen functional groups attached to an aromatic ring is 1. The smallest absolute Gasteiger partial charge is 0.230 e. The average Bonchev–Trinajstić information content (AvgIpc) is 2.72. The summed E-state index contributed by atoms with van der Waals surface area (Å²) in [6.45, 7) is 5.26. The molecule has 1 heterocycles. The van der Waals surface area contributed by atoms with Crippen LogP contribution in [-0.2, 0) is 0 Å². The van der Waals surface area contributed by atoms with Gasteiger partial charge >= 0.3 is 0 Å². The number of azo groups is 1. The van der Waals surface area contributed by atoms with Crippen LogP contribution in [0.5, 0.6) is 0 Å². The van der Waals surface area contributed by atoms with Gasteiger partial charge in [-0.2, -0.15) is 0 Å². The molecule has 0 aliphatic rings. The number of ketones is 1. The van der Waals surface area contributed by atoms with Gasteiger partial charge in [-0.25, -0.2) is 4.98 Å². The van der Waals surface area contributed by atoms with E-state index in [1.54, 1.807) is 13.0 Å². The number of hydrogen-bond donors (Lipinski definition) is 1. The average molecular weight is 274 g/mol. The second-order valence-electron chi connectivity index (χ2n) is 4.23. The Morgan fingerprint density at radius 2 is 2.05 bits per heavy atom. The van der Waals surface area contributed by atoms with E-state index in [0.717, 1.165) is 5.56 Å². The monoisotopic (exact) mass is 274 g/mol.